The second-order valence-corrected chi connectivity index (χ2v) is 11.6. The molecule has 0 spiro atoms. The Bertz CT molecular complexity index is 1360. The monoisotopic (exact) mass is 569 g/mol. The number of nitrogens with zero attached hydrogens (tertiary/aromatic N) is 4. The Balaban J connectivity index is 1.57. The van der Waals surface area contributed by atoms with Crippen LogP contribution in [0.1, 0.15) is 69.5 Å². The van der Waals surface area contributed by atoms with E-state index in [2.05, 4.69) is 31.0 Å². The normalized spacial score (nSPS) is 18.1. The summed E-state index contributed by atoms with van der Waals surface area (Å²) < 4.78 is 39.6. The van der Waals surface area contributed by atoms with Crippen LogP contribution in [-0.4, -0.2) is 65.3 Å². The first-order chi connectivity index (χ1) is 19.7. The largest absolute Gasteiger partial charge is 0.459 e. The summed E-state index contributed by atoms with van der Waals surface area (Å²) in [7, 11) is 0. The number of anilines is 2. The van der Waals surface area contributed by atoms with Crippen LogP contribution in [0.15, 0.2) is 24.3 Å². The molecule has 41 heavy (non-hydrogen) atoms. The van der Waals surface area contributed by atoms with Crippen LogP contribution in [0.4, 0.5) is 15.9 Å². The highest BCUT2D eigenvalue weighted by Crippen LogP contribution is 2.30. The number of aromatic nitrogens is 3. The van der Waals surface area contributed by atoms with Crippen molar-refractivity contribution in [3.8, 4) is 0 Å². The van der Waals surface area contributed by atoms with E-state index in [1.54, 1.807) is 10.6 Å². The maximum absolute atomic E-state index is 15.2. The molecule has 0 bridgehead atoms. The molecule has 0 saturated carbocycles. The molecule has 0 amide bonds. The third-order valence-electron chi connectivity index (χ3n) is 7.13. The fourth-order valence-corrected chi connectivity index (χ4v) is 5.13. The van der Waals surface area contributed by atoms with Gasteiger partial charge in [-0.05, 0) is 51.7 Å². The van der Waals surface area contributed by atoms with Gasteiger partial charge in [-0.25, -0.2) is 13.9 Å². The van der Waals surface area contributed by atoms with E-state index in [4.69, 9.17) is 29.0 Å². The van der Waals surface area contributed by atoms with E-state index >= 15 is 4.39 Å². The molecule has 1 N–H and O–H groups in total. The lowest BCUT2D eigenvalue weighted by Gasteiger charge is -2.29. The summed E-state index contributed by atoms with van der Waals surface area (Å²) in [4.78, 5) is 18.8. The van der Waals surface area contributed by atoms with Gasteiger partial charge in [0.2, 0.25) is 0 Å². The van der Waals surface area contributed by atoms with Crippen LogP contribution in [0.5, 0.6) is 0 Å². The van der Waals surface area contributed by atoms with Crippen LogP contribution in [0.2, 0.25) is 0 Å². The van der Waals surface area contributed by atoms with Gasteiger partial charge in [-0.15, -0.1) is 5.10 Å². The van der Waals surface area contributed by atoms with Crippen LogP contribution < -0.4 is 10.2 Å². The molecule has 10 nitrogen and oxygen atoms in total. The number of carbonyl (C=O) groups excluding carboxylic acids is 1. The summed E-state index contributed by atoms with van der Waals surface area (Å²) in [5.74, 6) is 0.0311. The molecule has 4 heterocycles. The van der Waals surface area contributed by atoms with Gasteiger partial charge in [0.05, 0.1) is 31.2 Å². The molecule has 0 aliphatic carbocycles. The van der Waals surface area contributed by atoms with Crippen LogP contribution in [0.3, 0.4) is 0 Å². The molecular formula is C30H40FN5O5. The summed E-state index contributed by atoms with van der Waals surface area (Å²) in [5, 5.41) is 8.57. The van der Waals surface area contributed by atoms with Crippen molar-refractivity contribution in [1.82, 2.24) is 14.6 Å². The Morgan fingerprint density at radius 1 is 1.17 bits per heavy atom. The zero-order valence-corrected chi connectivity index (χ0v) is 24.4. The summed E-state index contributed by atoms with van der Waals surface area (Å²) in [5.41, 5.74) is 3.66. The molecule has 1 atom stereocenters. The first-order valence-electron chi connectivity index (χ1n) is 14.3. The third kappa shape index (κ3) is 7.33. The fourth-order valence-electron chi connectivity index (χ4n) is 5.13. The van der Waals surface area contributed by atoms with Crippen molar-refractivity contribution in [2.75, 3.05) is 43.1 Å². The number of ether oxygens (including phenoxy) is 4. The van der Waals surface area contributed by atoms with Gasteiger partial charge >= 0.3 is 5.97 Å². The number of carbonyl (C=O) groups is 1. The molecule has 2 aromatic heterocycles. The molecule has 0 radical (unpaired) electrons. The Morgan fingerprint density at radius 3 is 2.68 bits per heavy atom. The highest BCUT2D eigenvalue weighted by molar-refractivity contribution is 5.73. The van der Waals surface area contributed by atoms with Crippen molar-refractivity contribution >= 4 is 23.1 Å². The van der Waals surface area contributed by atoms with Crippen molar-refractivity contribution in [3.63, 3.8) is 0 Å². The molecule has 5 rings (SSSR count). The van der Waals surface area contributed by atoms with E-state index in [-0.39, 0.29) is 30.9 Å². The minimum atomic E-state index is -0.407. The molecular weight excluding hydrogens is 529 g/mol. The van der Waals surface area contributed by atoms with E-state index in [9.17, 15) is 4.79 Å². The molecule has 2 fully saturated rings. The first kappa shape index (κ1) is 29.2. The lowest BCUT2D eigenvalue weighted by molar-refractivity contribution is -0.169. The van der Waals surface area contributed by atoms with E-state index < -0.39 is 5.97 Å². The van der Waals surface area contributed by atoms with E-state index in [1.165, 1.54) is 13.0 Å². The summed E-state index contributed by atoms with van der Waals surface area (Å²) in [6.07, 6.45) is 2.80. The molecule has 2 aliphatic heterocycles. The van der Waals surface area contributed by atoms with Crippen molar-refractivity contribution in [2.24, 2.45) is 0 Å². The van der Waals surface area contributed by atoms with Gasteiger partial charge in [0.25, 0.3) is 0 Å². The third-order valence-corrected chi connectivity index (χ3v) is 7.13. The number of hydrogen-bond acceptors (Lipinski definition) is 9. The summed E-state index contributed by atoms with van der Waals surface area (Å²) in [6, 6.07) is 7.03. The van der Waals surface area contributed by atoms with Gasteiger partial charge in [-0.1, -0.05) is 12.1 Å². The number of rotatable bonds is 9. The maximum Gasteiger partial charge on any atom is 0.303 e. The van der Waals surface area contributed by atoms with Crippen LogP contribution >= 0.6 is 0 Å². The van der Waals surface area contributed by atoms with Crippen molar-refractivity contribution < 1.29 is 28.1 Å². The molecule has 1 unspecified atom stereocenters. The molecule has 222 valence electrons. The van der Waals surface area contributed by atoms with E-state index in [0.29, 0.717) is 61.9 Å². The van der Waals surface area contributed by atoms with Gasteiger partial charge in [0.15, 0.2) is 17.8 Å². The van der Waals surface area contributed by atoms with Gasteiger partial charge in [0.1, 0.15) is 18.1 Å². The Morgan fingerprint density at radius 2 is 1.98 bits per heavy atom. The number of imidazole rings is 1. The fraction of sp³-hybridized carbons (Fsp3) is 0.567. The first-order valence-corrected chi connectivity index (χ1v) is 14.3. The number of nitrogens with one attached hydrogen (secondary N) is 1. The Hall–Kier alpha value is -3.28. The average Bonchev–Trinajstić information content (AvgIpc) is 3.29. The lowest BCUT2D eigenvalue weighted by Crippen LogP contribution is -2.37. The highest BCUT2D eigenvalue weighted by Gasteiger charge is 2.25. The second-order valence-electron chi connectivity index (χ2n) is 11.6. The van der Waals surface area contributed by atoms with Gasteiger partial charge < -0.3 is 29.2 Å². The van der Waals surface area contributed by atoms with Crippen LogP contribution in [0, 0.1) is 5.82 Å². The topological polar surface area (TPSA) is 99.5 Å². The van der Waals surface area contributed by atoms with Crippen molar-refractivity contribution in [3.05, 3.63) is 52.6 Å². The summed E-state index contributed by atoms with van der Waals surface area (Å²) in [6.45, 7) is 11.0. The number of benzene rings is 1. The smallest absolute Gasteiger partial charge is 0.303 e. The Labute approximate surface area is 240 Å². The number of hydrogen-bond donors (Lipinski definition) is 1. The number of halogens is 1. The van der Waals surface area contributed by atoms with Crippen molar-refractivity contribution in [2.45, 2.75) is 78.4 Å². The predicted molar refractivity (Wildman–Crippen MR) is 152 cm³/mol. The SMILES string of the molecule is CC(=O)OCc1nc2c(NC(C)(C)C)cc(N3CCOCC3)nn2c1Cc1cccc(F)c1COC1CCCCO1. The maximum atomic E-state index is 15.2. The number of esters is 1. The molecule has 1 aromatic carbocycles. The highest BCUT2D eigenvalue weighted by atomic mass is 19.1. The zero-order valence-electron chi connectivity index (χ0n) is 24.4. The minimum Gasteiger partial charge on any atom is -0.459 e. The number of morpholine rings is 1. The zero-order chi connectivity index (χ0) is 29.0. The molecule has 2 aliphatic rings. The molecule has 2 saturated heterocycles. The van der Waals surface area contributed by atoms with Gasteiger partial charge in [-0.3, -0.25) is 4.79 Å². The minimum absolute atomic E-state index is 0.0209. The molecule has 11 heteroatoms. The van der Waals surface area contributed by atoms with Crippen LogP contribution in [0.25, 0.3) is 5.65 Å². The van der Waals surface area contributed by atoms with E-state index in [0.717, 1.165) is 36.3 Å². The Kier molecular flexibility index (Phi) is 9.06. The molecule has 3 aromatic rings. The average molecular weight is 570 g/mol. The van der Waals surface area contributed by atoms with Crippen LogP contribution in [-0.2, 0) is 43.4 Å². The summed E-state index contributed by atoms with van der Waals surface area (Å²) >= 11 is 0. The van der Waals surface area contributed by atoms with Gasteiger partial charge in [-0.2, -0.15) is 0 Å². The van der Waals surface area contributed by atoms with E-state index in [1.807, 2.05) is 12.1 Å². The number of fused-ring (bicyclic) bond motifs is 1. The van der Waals surface area contributed by atoms with Gasteiger partial charge in [0, 0.05) is 50.2 Å². The quantitative estimate of drug-likeness (QED) is 0.370. The van der Waals surface area contributed by atoms with Crippen molar-refractivity contribution in [1.29, 1.82) is 0 Å². The second kappa shape index (κ2) is 12.7. The lowest BCUT2D eigenvalue weighted by atomic mass is 10.0. The predicted octanol–water partition coefficient (Wildman–Crippen LogP) is 4.61. The standard InChI is InChI=1S/C30H40FN5O5/c1-20(37)40-19-25-26(16-21-8-7-9-23(31)22(21)18-41-28-10-5-6-13-39-28)36-29(32-25)24(33-30(2,3)4)17-27(34-36)35-11-14-38-15-12-35/h7-9,17,28,33H,5-6,10-16,18-19H2,1-4H3.